The Bertz CT molecular complexity index is 1290. The maximum absolute atomic E-state index is 12.9. The molecule has 0 aliphatic heterocycles. The highest BCUT2D eigenvalue weighted by molar-refractivity contribution is 5.94. The van der Waals surface area contributed by atoms with E-state index < -0.39 is 0 Å². The molecule has 1 N–H and O–H groups in total. The molecule has 5 rings (SSSR count). The van der Waals surface area contributed by atoms with Crippen molar-refractivity contribution in [2.24, 2.45) is 0 Å². The predicted molar refractivity (Wildman–Crippen MR) is 138 cm³/mol. The molecule has 0 bridgehead atoms. The van der Waals surface area contributed by atoms with E-state index in [0.717, 1.165) is 35.6 Å². The Kier molecular flexibility index (Phi) is 6.75. The van der Waals surface area contributed by atoms with E-state index in [0.29, 0.717) is 12.0 Å². The number of fused-ring (bicyclic) bond motifs is 1. The summed E-state index contributed by atoms with van der Waals surface area (Å²) in [5, 5.41) is 3.08. The number of rotatable bonds is 7. The molecular formula is C30H32N2O3. The van der Waals surface area contributed by atoms with Crippen molar-refractivity contribution in [3.63, 3.8) is 0 Å². The number of aromatic nitrogens is 1. The fourth-order valence-corrected chi connectivity index (χ4v) is 5.02. The molecule has 1 aliphatic carbocycles. The molecule has 5 nitrogen and oxygen atoms in total. The number of nitrogens with one attached hydrogen (secondary N) is 1. The van der Waals surface area contributed by atoms with Crippen LogP contribution in [-0.4, -0.2) is 23.6 Å². The molecule has 35 heavy (non-hydrogen) atoms. The zero-order valence-electron chi connectivity index (χ0n) is 20.4. The quantitative estimate of drug-likeness (QED) is 0.320. The first-order valence-corrected chi connectivity index (χ1v) is 12.4. The summed E-state index contributed by atoms with van der Waals surface area (Å²) in [5.74, 6) is 1.64. The highest BCUT2D eigenvalue weighted by Crippen LogP contribution is 2.34. The van der Waals surface area contributed by atoms with Crippen LogP contribution in [0, 0.1) is 0 Å². The summed E-state index contributed by atoms with van der Waals surface area (Å²) < 4.78 is 13.3. The highest BCUT2D eigenvalue weighted by Gasteiger charge is 2.20. The van der Waals surface area contributed by atoms with Crippen LogP contribution in [0.4, 0.5) is 0 Å². The van der Waals surface area contributed by atoms with Crippen molar-refractivity contribution in [1.29, 1.82) is 0 Å². The molecule has 1 atom stereocenters. The van der Waals surface area contributed by atoms with Crippen LogP contribution in [0.25, 0.3) is 16.9 Å². The average molecular weight is 469 g/mol. The minimum absolute atomic E-state index is 0.0202. The van der Waals surface area contributed by atoms with Gasteiger partial charge in [0, 0.05) is 35.0 Å². The number of carbonyl (C=O) groups is 1. The molecule has 2 heterocycles. The summed E-state index contributed by atoms with van der Waals surface area (Å²) in [5.41, 5.74) is 6.83. The molecule has 0 radical (unpaired) electrons. The number of methoxy groups -OCH3 is 1. The lowest BCUT2D eigenvalue weighted by Gasteiger charge is -2.16. The Labute approximate surface area is 206 Å². The van der Waals surface area contributed by atoms with E-state index in [9.17, 15) is 4.79 Å². The van der Waals surface area contributed by atoms with Gasteiger partial charge in [0.05, 0.1) is 19.1 Å². The fourth-order valence-electron chi connectivity index (χ4n) is 5.02. The lowest BCUT2D eigenvalue weighted by atomic mass is 10.1. The number of hydrogen-bond acceptors (Lipinski definition) is 3. The summed E-state index contributed by atoms with van der Waals surface area (Å²) in [6, 6.07) is 22.3. The zero-order valence-corrected chi connectivity index (χ0v) is 20.4. The molecule has 1 amide bonds. The third-order valence-corrected chi connectivity index (χ3v) is 6.77. The standard InChI is InChI=1S/C30H32N2O3/c1-21(18-27-11-7-17-35-27)31-30(33)22-13-15-25(16-14-22)32-28-12-5-3-4-8-24(28)20-29(32)23-9-6-10-26(19-23)34-2/h6-7,9-11,13-17,19-21H,3-5,8,12,18H2,1-2H3,(H,31,33). The van der Waals surface area contributed by atoms with Crippen LogP contribution in [0.1, 0.15) is 53.6 Å². The second-order valence-electron chi connectivity index (χ2n) is 9.33. The number of amides is 1. The number of benzene rings is 2. The smallest absolute Gasteiger partial charge is 0.251 e. The molecule has 0 saturated heterocycles. The second-order valence-corrected chi connectivity index (χ2v) is 9.33. The molecule has 0 fully saturated rings. The third-order valence-electron chi connectivity index (χ3n) is 6.77. The summed E-state index contributed by atoms with van der Waals surface area (Å²) in [6.07, 6.45) is 8.17. The van der Waals surface area contributed by atoms with Crippen molar-refractivity contribution in [2.45, 2.75) is 51.5 Å². The Balaban J connectivity index is 1.44. The van der Waals surface area contributed by atoms with Gasteiger partial charge in [-0.1, -0.05) is 18.6 Å². The van der Waals surface area contributed by atoms with Gasteiger partial charge in [0.2, 0.25) is 0 Å². The molecule has 180 valence electrons. The predicted octanol–water partition coefficient (Wildman–Crippen LogP) is 6.38. The van der Waals surface area contributed by atoms with E-state index in [1.165, 1.54) is 36.2 Å². The first-order valence-electron chi connectivity index (χ1n) is 12.4. The number of hydrogen-bond donors (Lipinski definition) is 1. The van der Waals surface area contributed by atoms with Crippen LogP contribution in [0.5, 0.6) is 5.75 Å². The van der Waals surface area contributed by atoms with Crippen molar-refractivity contribution in [3.8, 4) is 22.7 Å². The van der Waals surface area contributed by atoms with Gasteiger partial charge in [-0.25, -0.2) is 0 Å². The first kappa shape index (κ1) is 23.0. The molecule has 4 aromatic rings. The van der Waals surface area contributed by atoms with E-state index in [1.807, 2.05) is 43.3 Å². The summed E-state index contributed by atoms with van der Waals surface area (Å²) >= 11 is 0. The fraction of sp³-hybridized carbons (Fsp3) is 0.300. The Hall–Kier alpha value is -3.73. The SMILES string of the molecule is COc1cccc(-c2cc3c(n2-c2ccc(C(=O)NC(C)Cc4ccco4)cc2)CCCCC3)c1. The van der Waals surface area contributed by atoms with Gasteiger partial charge >= 0.3 is 0 Å². The van der Waals surface area contributed by atoms with Gasteiger partial charge in [0.1, 0.15) is 11.5 Å². The lowest BCUT2D eigenvalue weighted by Crippen LogP contribution is -2.33. The van der Waals surface area contributed by atoms with Gasteiger partial charge in [-0.2, -0.15) is 0 Å². The van der Waals surface area contributed by atoms with Crippen LogP contribution >= 0.6 is 0 Å². The summed E-state index contributed by atoms with van der Waals surface area (Å²) in [4.78, 5) is 12.9. The van der Waals surface area contributed by atoms with Crippen molar-refractivity contribution in [1.82, 2.24) is 9.88 Å². The summed E-state index contributed by atoms with van der Waals surface area (Å²) in [6.45, 7) is 1.99. The topological polar surface area (TPSA) is 56.4 Å². The maximum Gasteiger partial charge on any atom is 0.251 e. The normalized spacial score (nSPS) is 14.1. The molecule has 5 heteroatoms. The third kappa shape index (κ3) is 5.04. The van der Waals surface area contributed by atoms with Crippen molar-refractivity contribution in [3.05, 3.63) is 95.6 Å². The van der Waals surface area contributed by atoms with Gasteiger partial charge in [0.15, 0.2) is 0 Å². The van der Waals surface area contributed by atoms with Crippen molar-refractivity contribution >= 4 is 5.91 Å². The van der Waals surface area contributed by atoms with Gasteiger partial charge in [-0.3, -0.25) is 4.79 Å². The highest BCUT2D eigenvalue weighted by atomic mass is 16.5. The lowest BCUT2D eigenvalue weighted by molar-refractivity contribution is 0.0939. The van der Waals surface area contributed by atoms with Gasteiger partial charge in [-0.05, 0) is 92.8 Å². The molecule has 1 unspecified atom stereocenters. The van der Waals surface area contributed by atoms with E-state index in [4.69, 9.17) is 9.15 Å². The Morgan fingerprint density at radius 2 is 1.86 bits per heavy atom. The van der Waals surface area contributed by atoms with Gasteiger partial charge in [0.25, 0.3) is 5.91 Å². The molecular weight excluding hydrogens is 436 g/mol. The second kappa shape index (κ2) is 10.3. The first-order chi connectivity index (χ1) is 17.1. The molecule has 0 spiro atoms. The zero-order chi connectivity index (χ0) is 24.2. The van der Waals surface area contributed by atoms with Crippen LogP contribution in [-0.2, 0) is 19.3 Å². The largest absolute Gasteiger partial charge is 0.497 e. The minimum Gasteiger partial charge on any atom is -0.497 e. The Morgan fingerprint density at radius 3 is 2.63 bits per heavy atom. The summed E-state index contributed by atoms with van der Waals surface area (Å²) in [7, 11) is 1.70. The van der Waals surface area contributed by atoms with E-state index in [1.54, 1.807) is 13.4 Å². The van der Waals surface area contributed by atoms with Crippen LogP contribution in [0.2, 0.25) is 0 Å². The van der Waals surface area contributed by atoms with E-state index >= 15 is 0 Å². The monoisotopic (exact) mass is 468 g/mol. The van der Waals surface area contributed by atoms with Crippen LogP contribution in [0.3, 0.4) is 0 Å². The van der Waals surface area contributed by atoms with Crippen LogP contribution < -0.4 is 10.1 Å². The molecule has 2 aromatic carbocycles. The van der Waals surface area contributed by atoms with Crippen molar-refractivity contribution < 1.29 is 13.9 Å². The van der Waals surface area contributed by atoms with Gasteiger partial charge in [-0.15, -0.1) is 0 Å². The average Bonchev–Trinajstić information content (AvgIpc) is 3.45. The van der Waals surface area contributed by atoms with E-state index in [2.05, 4.69) is 40.2 Å². The number of ether oxygens (including phenoxy) is 1. The maximum atomic E-state index is 12.9. The molecule has 1 aliphatic rings. The van der Waals surface area contributed by atoms with E-state index in [-0.39, 0.29) is 11.9 Å². The number of carbonyl (C=O) groups excluding carboxylic acids is 1. The van der Waals surface area contributed by atoms with Gasteiger partial charge < -0.3 is 19.0 Å². The number of furan rings is 1. The number of aryl methyl sites for hydroxylation is 1. The Morgan fingerprint density at radius 1 is 1.03 bits per heavy atom. The number of nitrogens with zero attached hydrogens (tertiary/aromatic N) is 1. The molecule has 0 saturated carbocycles. The van der Waals surface area contributed by atoms with Crippen molar-refractivity contribution in [2.75, 3.05) is 7.11 Å². The molecule has 2 aromatic heterocycles. The minimum atomic E-state index is -0.0741. The van der Waals surface area contributed by atoms with Crippen LogP contribution in [0.15, 0.2) is 77.4 Å².